The molecule has 0 saturated heterocycles. The first-order valence-corrected chi connectivity index (χ1v) is 8.10. The van der Waals surface area contributed by atoms with Gasteiger partial charge in [-0.15, -0.1) is 0 Å². The lowest BCUT2D eigenvalue weighted by atomic mass is 10.0. The molecule has 3 heteroatoms. The molecule has 118 valence electrons. The van der Waals surface area contributed by atoms with Gasteiger partial charge < -0.3 is 10.6 Å². The van der Waals surface area contributed by atoms with E-state index in [-0.39, 0.29) is 0 Å². The molecule has 1 aromatic carbocycles. The Morgan fingerprint density at radius 3 is 2.36 bits per heavy atom. The highest BCUT2D eigenvalue weighted by Crippen LogP contribution is 2.21. The predicted octanol–water partition coefficient (Wildman–Crippen LogP) is 5.37. The zero-order valence-corrected chi connectivity index (χ0v) is 14.1. The largest absolute Gasteiger partial charge is 0.381 e. The quantitative estimate of drug-likeness (QED) is 0.721. The molecular weight excluding hydrogens is 270 g/mol. The van der Waals surface area contributed by atoms with E-state index < -0.39 is 0 Å². The van der Waals surface area contributed by atoms with Crippen LogP contribution in [0.25, 0.3) is 0 Å². The average molecular weight is 297 g/mol. The van der Waals surface area contributed by atoms with Gasteiger partial charge in [-0.1, -0.05) is 32.0 Å². The molecule has 1 atom stereocenters. The van der Waals surface area contributed by atoms with Gasteiger partial charge in [-0.3, -0.25) is 0 Å². The van der Waals surface area contributed by atoms with Crippen molar-refractivity contribution in [1.29, 1.82) is 0 Å². The first-order valence-electron chi connectivity index (χ1n) is 8.10. The van der Waals surface area contributed by atoms with E-state index >= 15 is 0 Å². The number of anilines is 3. The van der Waals surface area contributed by atoms with Crippen molar-refractivity contribution in [3.63, 3.8) is 0 Å². The molecule has 22 heavy (non-hydrogen) atoms. The molecule has 0 radical (unpaired) electrons. The van der Waals surface area contributed by atoms with Gasteiger partial charge in [-0.25, -0.2) is 4.98 Å². The van der Waals surface area contributed by atoms with Gasteiger partial charge >= 0.3 is 0 Å². The van der Waals surface area contributed by atoms with Gasteiger partial charge in [-0.05, 0) is 56.4 Å². The monoisotopic (exact) mass is 297 g/mol. The molecule has 2 N–H and O–H groups in total. The number of hydrogen-bond acceptors (Lipinski definition) is 3. The molecule has 0 fully saturated rings. The molecule has 2 rings (SSSR count). The van der Waals surface area contributed by atoms with Crippen molar-refractivity contribution in [1.82, 2.24) is 4.98 Å². The summed E-state index contributed by atoms with van der Waals surface area (Å²) in [6.45, 7) is 8.85. The number of pyridine rings is 1. The van der Waals surface area contributed by atoms with Gasteiger partial charge in [0.2, 0.25) is 0 Å². The Bertz CT molecular complexity index is 578. The Balaban J connectivity index is 1.97. The summed E-state index contributed by atoms with van der Waals surface area (Å²) in [6, 6.07) is 12.8. The predicted molar refractivity (Wildman–Crippen MR) is 95.9 cm³/mol. The molecule has 0 bridgehead atoms. The van der Waals surface area contributed by atoms with Crippen LogP contribution in [0.4, 0.5) is 17.2 Å². The molecule has 3 nitrogen and oxygen atoms in total. The summed E-state index contributed by atoms with van der Waals surface area (Å²) in [4.78, 5) is 4.55. The lowest BCUT2D eigenvalue weighted by Crippen LogP contribution is -2.16. The molecule has 0 saturated carbocycles. The first kappa shape index (κ1) is 16.3. The molecule has 0 aliphatic rings. The highest BCUT2D eigenvalue weighted by molar-refractivity contribution is 5.61. The third-order valence-corrected chi connectivity index (χ3v) is 3.70. The molecule has 0 spiro atoms. The SMILES string of the molecule is Cc1cc(NC(C)CCC(C)C)cnc1Nc1ccccc1. The number of rotatable bonds is 7. The number of nitrogens with one attached hydrogen (secondary N) is 2. The number of aryl methyl sites for hydroxylation is 1. The zero-order valence-electron chi connectivity index (χ0n) is 14.1. The first-order chi connectivity index (χ1) is 10.5. The summed E-state index contributed by atoms with van der Waals surface area (Å²) in [6.07, 6.45) is 4.33. The fourth-order valence-electron chi connectivity index (χ4n) is 2.38. The van der Waals surface area contributed by atoms with E-state index in [0.717, 1.165) is 28.7 Å². The molecular formula is C19H27N3. The van der Waals surface area contributed by atoms with E-state index in [2.05, 4.69) is 49.4 Å². The number of para-hydroxylation sites is 1. The van der Waals surface area contributed by atoms with Crippen molar-refractivity contribution in [3.8, 4) is 0 Å². The van der Waals surface area contributed by atoms with E-state index in [0.29, 0.717) is 6.04 Å². The van der Waals surface area contributed by atoms with Crippen LogP contribution in [0, 0.1) is 12.8 Å². The third-order valence-electron chi connectivity index (χ3n) is 3.70. The Morgan fingerprint density at radius 1 is 1.00 bits per heavy atom. The summed E-state index contributed by atoms with van der Waals surface area (Å²) in [7, 11) is 0. The second kappa shape index (κ2) is 7.83. The van der Waals surface area contributed by atoms with Crippen LogP contribution in [0.2, 0.25) is 0 Å². The minimum absolute atomic E-state index is 0.469. The Labute approximate surface area is 134 Å². The van der Waals surface area contributed by atoms with E-state index in [4.69, 9.17) is 0 Å². The average Bonchev–Trinajstić information content (AvgIpc) is 2.49. The van der Waals surface area contributed by atoms with Gasteiger partial charge in [-0.2, -0.15) is 0 Å². The van der Waals surface area contributed by atoms with E-state index in [1.165, 1.54) is 12.8 Å². The smallest absolute Gasteiger partial charge is 0.133 e. The molecule has 0 aliphatic heterocycles. The van der Waals surface area contributed by atoms with E-state index in [9.17, 15) is 0 Å². The minimum Gasteiger partial charge on any atom is -0.381 e. The number of aromatic nitrogens is 1. The van der Waals surface area contributed by atoms with Crippen molar-refractivity contribution in [2.24, 2.45) is 5.92 Å². The molecule has 1 heterocycles. The zero-order chi connectivity index (χ0) is 15.9. The molecule has 0 amide bonds. The van der Waals surface area contributed by atoms with Crippen LogP contribution < -0.4 is 10.6 Å². The molecule has 1 unspecified atom stereocenters. The maximum absolute atomic E-state index is 4.55. The Hall–Kier alpha value is -2.03. The van der Waals surface area contributed by atoms with Crippen LogP contribution in [0.5, 0.6) is 0 Å². The van der Waals surface area contributed by atoms with Crippen LogP contribution in [0.3, 0.4) is 0 Å². The van der Waals surface area contributed by atoms with Crippen LogP contribution in [-0.2, 0) is 0 Å². The minimum atomic E-state index is 0.469. The normalized spacial score (nSPS) is 12.2. The molecule has 0 aliphatic carbocycles. The van der Waals surface area contributed by atoms with E-state index in [1.807, 2.05) is 36.5 Å². The summed E-state index contributed by atoms with van der Waals surface area (Å²) in [5.74, 6) is 1.66. The highest BCUT2D eigenvalue weighted by atomic mass is 15.0. The standard InChI is InChI=1S/C19H27N3/c1-14(2)10-11-16(4)21-18-12-15(3)19(20-13-18)22-17-8-6-5-7-9-17/h5-9,12-14,16,21H,10-11H2,1-4H3,(H,20,22). The summed E-state index contributed by atoms with van der Waals surface area (Å²) >= 11 is 0. The van der Waals surface area contributed by atoms with Crippen LogP contribution in [0.1, 0.15) is 39.2 Å². The summed E-state index contributed by atoms with van der Waals surface area (Å²) in [5, 5.41) is 6.89. The topological polar surface area (TPSA) is 37.0 Å². The Kier molecular flexibility index (Phi) is 5.82. The number of benzene rings is 1. The highest BCUT2D eigenvalue weighted by Gasteiger charge is 2.06. The van der Waals surface area contributed by atoms with Crippen LogP contribution in [0.15, 0.2) is 42.6 Å². The number of nitrogens with zero attached hydrogens (tertiary/aromatic N) is 1. The second-order valence-corrected chi connectivity index (χ2v) is 6.40. The number of hydrogen-bond donors (Lipinski definition) is 2. The van der Waals surface area contributed by atoms with Gasteiger partial charge in [0.05, 0.1) is 11.9 Å². The maximum Gasteiger partial charge on any atom is 0.133 e. The van der Waals surface area contributed by atoms with Crippen molar-refractivity contribution in [2.75, 3.05) is 10.6 Å². The van der Waals surface area contributed by atoms with Crippen LogP contribution in [-0.4, -0.2) is 11.0 Å². The third kappa shape index (κ3) is 5.06. The van der Waals surface area contributed by atoms with Gasteiger partial charge in [0.1, 0.15) is 5.82 Å². The van der Waals surface area contributed by atoms with Gasteiger partial charge in [0, 0.05) is 11.7 Å². The van der Waals surface area contributed by atoms with Crippen molar-refractivity contribution in [3.05, 3.63) is 48.2 Å². The van der Waals surface area contributed by atoms with Crippen molar-refractivity contribution < 1.29 is 0 Å². The summed E-state index contributed by atoms with van der Waals surface area (Å²) in [5.41, 5.74) is 3.29. The van der Waals surface area contributed by atoms with Gasteiger partial charge in [0.25, 0.3) is 0 Å². The van der Waals surface area contributed by atoms with Crippen molar-refractivity contribution in [2.45, 2.75) is 46.6 Å². The maximum atomic E-state index is 4.55. The lowest BCUT2D eigenvalue weighted by Gasteiger charge is -2.17. The molecule has 1 aromatic heterocycles. The second-order valence-electron chi connectivity index (χ2n) is 6.40. The van der Waals surface area contributed by atoms with Crippen molar-refractivity contribution >= 4 is 17.2 Å². The summed E-state index contributed by atoms with van der Waals surface area (Å²) < 4.78 is 0. The molecule has 2 aromatic rings. The van der Waals surface area contributed by atoms with E-state index in [1.54, 1.807) is 0 Å². The Morgan fingerprint density at radius 2 is 1.73 bits per heavy atom. The lowest BCUT2D eigenvalue weighted by molar-refractivity contribution is 0.527. The fourth-order valence-corrected chi connectivity index (χ4v) is 2.38. The fraction of sp³-hybridized carbons (Fsp3) is 0.421. The van der Waals surface area contributed by atoms with Crippen LogP contribution >= 0.6 is 0 Å². The van der Waals surface area contributed by atoms with Gasteiger partial charge in [0.15, 0.2) is 0 Å².